The van der Waals surface area contributed by atoms with E-state index in [4.69, 9.17) is 5.73 Å². The van der Waals surface area contributed by atoms with E-state index in [0.29, 0.717) is 18.8 Å². The van der Waals surface area contributed by atoms with Crippen LogP contribution in [0.5, 0.6) is 0 Å². The molecule has 7 heteroatoms. The van der Waals surface area contributed by atoms with Crippen LogP contribution in [-0.2, 0) is 9.84 Å². The predicted molar refractivity (Wildman–Crippen MR) is 81.6 cm³/mol. The standard InChI is InChI=1S/C10H21N3O2S.HI/c1-8(2)13-9(11)12-7-10(5-4-6-10)16(3,14)15;/h8H,4-7H2,1-3H3,(H3,11,12,13);1H. The summed E-state index contributed by atoms with van der Waals surface area (Å²) >= 11 is 0. The highest BCUT2D eigenvalue weighted by molar-refractivity contribution is 14.0. The molecule has 102 valence electrons. The fourth-order valence-corrected chi connectivity index (χ4v) is 3.12. The van der Waals surface area contributed by atoms with Gasteiger partial charge in [-0.1, -0.05) is 6.42 Å². The fraction of sp³-hybridized carbons (Fsp3) is 0.900. The lowest BCUT2D eigenvalue weighted by atomic mass is 9.84. The van der Waals surface area contributed by atoms with Gasteiger partial charge in [-0.2, -0.15) is 0 Å². The number of halogens is 1. The minimum atomic E-state index is -3.04. The lowest BCUT2D eigenvalue weighted by molar-refractivity contribution is 0.346. The molecule has 0 bridgehead atoms. The molecule has 1 rings (SSSR count). The van der Waals surface area contributed by atoms with E-state index in [-0.39, 0.29) is 36.6 Å². The van der Waals surface area contributed by atoms with Crippen LogP contribution in [0.25, 0.3) is 0 Å². The van der Waals surface area contributed by atoms with Crippen molar-refractivity contribution in [3.63, 3.8) is 0 Å². The first kappa shape index (κ1) is 16.9. The molecule has 0 amide bonds. The highest BCUT2D eigenvalue weighted by Gasteiger charge is 2.46. The van der Waals surface area contributed by atoms with Crippen LogP contribution in [0, 0.1) is 0 Å². The summed E-state index contributed by atoms with van der Waals surface area (Å²) in [5.74, 6) is 0.324. The molecule has 1 aliphatic rings. The Kier molecular flexibility index (Phi) is 6.20. The maximum Gasteiger partial charge on any atom is 0.188 e. The minimum Gasteiger partial charge on any atom is -0.370 e. The van der Waals surface area contributed by atoms with Crippen LogP contribution in [0.4, 0.5) is 0 Å². The SMILES string of the molecule is CC(C)NC(N)=NCC1(S(C)(=O)=O)CCC1.I. The molecule has 1 saturated carbocycles. The van der Waals surface area contributed by atoms with E-state index in [2.05, 4.69) is 10.3 Å². The van der Waals surface area contributed by atoms with Crippen molar-refractivity contribution in [3.05, 3.63) is 0 Å². The van der Waals surface area contributed by atoms with Gasteiger partial charge in [0.25, 0.3) is 0 Å². The molecule has 17 heavy (non-hydrogen) atoms. The van der Waals surface area contributed by atoms with E-state index in [0.717, 1.165) is 6.42 Å². The molecule has 0 aromatic carbocycles. The van der Waals surface area contributed by atoms with Gasteiger partial charge in [-0.3, -0.25) is 4.99 Å². The number of sulfone groups is 1. The van der Waals surface area contributed by atoms with Crippen LogP contribution >= 0.6 is 24.0 Å². The van der Waals surface area contributed by atoms with Crippen LogP contribution in [0.3, 0.4) is 0 Å². The van der Waals surface area contributed by atoms with Crippen molar-refractivity contribution in [2.45, 2.75) is 43.9 Å². The van der Waals surface area contributed by atoms with Crippen LogP contribution in [0.1, 0.15) is 33.1 Å². The Balaban J connectivity index is 0.00000256. The zero-order valence-electron chi connectivity index (χ0n) is 10.6. The number of nitrogens with zero attached hydrogens (tertiary/aromatic N) is 1. The summed E-state index contributed by atoms with van der Waals surface area (Å²) in [6, 6.07) is 0.208. The highest BCUT2D eigenvalue weighted by atomic mass is 127. The Hall–Kier alpha value is -0.0500. The molecular formula is C10H22IN3O2S. The third-order valence-electron chi connectivity index (χ3n) is 3.03. The average Bonchev–Trinajstić information content (AvgIpc) is 1.97. The quantitative estimate of drug-likeness (QED) is 0.434. The lowest BCUT2D eigenvalue weighted by Gasteiger charge is -2.38. The van der Waals surface area contributed by atoms with Gasteiger partial charge in [0.05, 0.1) is 11.3 Å². The van der Waals surface area contributed by atoms with Crippen molar-refractivity contribution in [2.75, 3.05) is 12.8 Å². The Morgan fingerprint density at radius 1 is 1.47 bits per heavy atom. The molecule has 0 aromatic heterocycles. The number of nitrogens with two attached hydrogens (primary N) is 1. The largest absolute Gasteiger partial charge is 0.370 e. The number of hydrogen-bond donors (Lipinski definition) is 2. The van der Waals surface area contributed by atoms with E-state index in [1.165, 1.54) is 6.26 Å². The van der Waals surface area contributed by atoms with Gasteiger partial charge in [0, 0.05) is 12.3 Å². The van der Waals surface area contributed by atoms with Crippen molar-refractivity contribution >= 4 is 39.8 Å². The number of aliphatic imine (C=N–C) groups is 1. The van der Waals surface area contributed by atoms with Crippen LogP contribution in [0.15, 0.2) is 4.99 Å². The number of hydrogen-bond acceptors (Lipinski definition) is 3. The van der Waals surface area contributed by atoms with Crippen molar-refractivity contribution < 1.29 is 8.42 Å². The Morgan fingerprint density at radius 3 is 2.29 bits per heavy atom. The first-order chi connectivity index (χ1) is 7.27. The lowest BCUT2D eigenvalue weighted by Crippen LogP contribution is -2.48. The van der Waals surface area contributed by atoms with Gasteiger partial charge >= 0.3 is 0 Å². The third-order valence-corrected chi connectivity index (χ3v) is 5.14. The molecule has 3 N–H and O–H groups in total. The van der Waals surface area contributed by atoms with E-state index in [1.54, 1.807) is 0 Å². The minimum absolute atomic E-state index is 0. The molecule has 5 nitrogen and oxygen atoms in total. The summed E-state index contributed by atoms with van der Waals surface area (Å²) in [5.41, 5.74) is 5.65. The summed E-state index contributed by atoms with van der Waals surface area (Å²) in [6.07, 6.45) is 3.64. The van der Waals surface area contributed by atoms with Gasteiger partial charge in [-0.05, 0) is 26.7 Å². The second-order valence-corrected chi connectivity index (χ2v) is 7.22. The third kappa shape index (κ3) is 4.27. The summed E-state index contributed by atoms with van der Waals surface area (Å²) < 4.78 is 22.6. The molecule has 1 aliphatic carbocycles. The van der Waals surface area contributed by atoms with Crippen LogP contribution < -0.4 is 11.1 Å². The summed E-state index contributed by atoms with van der Waals surface area (Å²) in [7, 11) is -3.04. The Bertz CT molecular complexity index is 375. The normalized spacial score (nSPS) is 19.4. The molecule has 1 fully saturated rings. The maximum atomic E-state index is 11.6. The second kappa shape index (κ2) is 6.21. The molecule has 0 radical (unpaired) electrons. The maximum absolute atomic E-state index is 11.6. The van der Waals surface area contributed by atoms with Gasteiger partial charge in [-0.15, -0.1) is 24.0 Å². The van der Waals surface area contributed by atoms with Gasteiger partial charge in [0.15, 0.2) is 15.8 Å². The Labute approximate surface area is 121 Å². The van der Waals surface area contributed by atoms with Crippen LogP contribution in [-0.4, -0.2) is 38.0 Å². The first-order valence-electron chi connectivity index (χ1n) is 5.53. The number of guanidine groups is 1. The second-order valence-electron chi connectivity index (χ2n) is 4.81. The molecule has 0 unspecified atom stereocenters. The van der Waals surface area contributed by atoms with Crippen molar-refractivity contribution in [1.82, 2.24) is 5.32 Å². The van der Waals surface area contributed by atoms with Gasteiger partial charge < -0.3 is 11.1 Å². The summed E-state index contributed by atoms with van der Waals surface area (Å²) in [4.78, 5) is 4.13. The first-order valence-corrected chi connectivity index (χ1v) is 7.42. The van der Waals surface area contributed by atoms with Gasteiger partial charge in [0.2, 0.25) is 0 Å². The monoisotopic (exact) mass is 375 g/mol. The smallest absolute Gasteiger partial charge is 0.188 e. The van der Waals surface area contributed by atoms with E-state index in [1.807, 2.05) is 13.8 Å². The van der Waals surface area contributed by atoms with Crippen molar-refractivity contribution in [3.8, 4) is 0 Å². The van der Waals surface area contributed by atoms with Crippen LogP contribution in [0.2, 0.25) is 0 Å². The molecule has 0 aromatic rings. The summed E-state index contributed by atoms with van der Waals surface area (Å²) in [5, 5.41) is 2.95. The molecular weight excluding hydrogens is 353 g/mol. The molecule has 0 atom stereocenters. The topological polar surface area (TPSA) is 84.5 Å². The summed E-state index contributed by atoms with van der Waals surface area (Å²) in [6.45, 7) is 4.19. The molecule has 0 aliphatic heterocycles. The van der Waals surface area contributed by atoms with E-state index >= 15 is 0 Å². The zero-order valence-corrected chi connectivity index (χ0v) is 13.7. The highest BCUT2D eigenvalue weighted by Crippen LogP contribution is 2.39. The van der Waals surface area contributed by atoms with Gasteiger partial charge in [0.1, 0.15) is 0 Å². The molecule has 0 saturated heterocycles. The fourth-order valence-electron chi connectivity index (χ4n) is 1.79. The number of nitrogens with one attached hydrogen (secondary N) is 1. The molecule has 0 heterocycles. The van der Waals surface area contributed by atoms with Gasteiger partial charge in [-0.25, -0.2) is 8.42 Å². The van der Waals surface area contributed by atoms with Crippen molar-refractivity contribution in [2.24, 2.45) is 10.7 Å². The average molecular weight is 375 g/mol. The van der Waals surface area contributed by atoms with Crippen molar-refractivity contribution in [1.29, 1.82) is 0 Å². The van der Waals surface area contributed by atoms with E-state index < -0.39 is 14.6 Å². The Morgan fingerprint density at radius 2 is 2.00 bits per heavy atom. The van der Waals surface area contributed by atoms with E-state index in [9.17, 15) is 8.42 Å². The number of rotatable bonds is 4. The zero-order chi connectivity index (χ0) is 12.4. The predicted octanol–water partition coefficient (Wildman–Crippen LogP) is 0.884. The molecule has 0 spiro atoms.